The van der Waals surface area contributed by atoms with Gasteiger partial charge in [0.15, 0.2) is 0 Å². The third-order valence-corrected chi connectivity index (χ3v) is 6.05. The van der Waals surface area contributed by atoms with E-state index in [1.807, 2.05) is 4.90 Å². The van der Waals surface area contributed by atoms with Crippen molar-refractivity contribution < 1.29 is 22.8 Å². The van der Waals surface area contributed by atoms with Crippen molar-refractivity contribution in [1.29, 1.82) is 0 Å². The van der Waals surface area contributed by atoms with Gasteiger partial charge in [-0.2, -0.15) is 13.2 Å². The molecular formula is C20H23F3N2O2. The van der Waals surface area contributed by atoms with Gasteiger partial charge in [0, 0.05) is 43.8 Å². The molecule has 2 fully saturated rings. The quantitative estimate of drug-likeness (QED) is 0.764. The van der Waals surface area contributed by atoms with Crippen LogP contribution in [0.25, 0.3) is 0 Å². The van der Waals surface area contributed by atoms with Gasteiger partial charge in [0.2, 0.25) is 5.91 Å². The Morgan fingerprint density at radius 1 is 1.19 bits per heavy atom. The molecule has 3 aliphatic rings. The number of nitrogens with zero attached hydrogens (tertiary/aromatic N) is 2. The van der Waals surface area contributed by atoms with Gasteiger partial charge in [-0.1, -0.05) is 30.1 Å². The summed E-state index contributed by atoms with van der Waals surface area (Å²) in [5.74, 6) is 0.417. The summed E-state index contributed by atoms with van der Waals surface area (Å²) in [5, 5.41) is 4.10. The summed E-state index contributed by atoms with van der Waals surface area (Å²) in [6.45, 7) is 1.25. The summed E-state index contributed by atoms with van der Waals surface area (Å²) in [7, 11) is 0. The van der Waals surface area contributed by atoms with Crippen LogP contribution in [-0.4, -0.2) is 35.2 Å². The molecule has 4 rings (SSSR count). The van der Waals surface area contributed by atoms with E-state index in [1.165, 1.54) is 6.07 Å². The van der Waals surface area contributed by atoms with Crippen LogP contribution in [0.5, 0.6) is 0 Å². The molecule has 1 saturated carbocycles. The number of oxime groups is 1. The average molecular weight is 380 g/mol. The molecule has 2 heterocycles. The van der Waals surface area contributed by atoms with Gasteiger partial charge in [0.1, 0.15) is 5.60 Å². The molecular weight excluding hydrogens is 357 g/mol. The Kier molecular flexibility index (Phi) is 4.64. The van der Waals surface area contributed by atoms with Crippen LogP contribution in [0.1, 0.15) is 56.1 Å². The van der Waals surface area contributed by atoms with Gasteiger partial charge in [-0.05, 0) is 25.0 Å². The largest absolute Gasteiger partial charge is 0.416 e. The van der Waals surface area contributed by atoms with Gasteiger partial charge in [0.05, 0.1) is 11.3 Å². The summed E-state index contributed by atoms with van der Waals surface area (Å²) in [6, 6.07) is 5.21. The lowest BCUT2D eigenvalue weighted by Gasteiger charge is -2.38. The first-order chi connectivity index (χ1) is 12.9. The molecule has 4 nitrogen and oxygen atoms in total. The molecule has 1 amide bonds. The summed E-state index contributed by atoms with van der Waals surface area (Å²) in [5.41, 5.74) is -0.167. The van der Waals surface area contributed by atoms with E-state index in [0.29, 0.717) is 43.6 Å². The number of alkyl halides is 3. The lowest BCUT2D eigenvalue weighted by Crippen LogP contribution is -2.48. The van der Waals surface area contributed by atoms with Crippen molar-refractivity contribution in [2.24, 2.45) is 11.1 Å². The van der Waals surface area contributed by atoms with Crippen LogP contribution in [-0.2, 0) is 15.8 Å². The monoisotopic (exact) mass is 380 g/mol. The van der Waals surface area contributed by atoms with Crippen LogP contribution in [0.15, 0.2) is 29.4 Å². The predicted molar refractivity (Wildman–Crippen MR) is 94.2 cm³/mol. The Hall–Kier alpha value is -2.05. The van der Waals surface area contributed by atoms with Gasteiger partial charge >= 0.3 is 6.18 Å². The molecule has 1 saturated heterocycles. The van der Waals surface area contributed by atoms with Gasteiger partial charge in [-0.3, -0.25) is 4.79 Å². The standard InChI is InChI=1S/C20H23F3N2O2/c21-20(22,23)16-7-3-6-15(12-16)17-13-19(27-24-17)8-10-25(11-9-19)18(26)14-4-1-2-5-14/h3,6-7,12,14H,1-2,4-5,8-11,13H2. The third kappa shape index (κ3) is 3.69. The predicted octanol–water partition coefficient (Wildman–Crippen LogP) is 4.38. The lowest BCUT2D eigenvalue weighted by atomic mass is 9.85. The van der Waals surface area contributed by atoms with Gasteiger partial charge in [-0.15, -0.1) is 0 Å². The van der Waals surface area contributed by atoms with E-state index in [9.17, 15) is 18.0 Å². The highest BCUT2D eigenvalue weighted by atomic mass is 19.4. The number of hydrogen-bond donors (Lipinski definition) is 0. The number of rotatable bonds is 2. The lowest BCUT2D eigenvalue weighted by molar-refractivity contribution is -0.141. The Bertz CT molecular complexity index is 746. The van der Waals surface area contributed by atoms with Crippen molar-refractivity contribution >= 4 is 11.6 Å². The van der Waals surface area contributed by atoms with Crippen molar-refractivity contribution in [3.8, 4) is 0 Å². The van der Waals surface area contributed by atoms with E-state index in [1.54, 1.807) is 6.07 Å². The summed E-state index contributed by atoms with van der Waals surface area (Å²) < 4.78 is 38.8. The second-order valence-corrected chi connectivity index (χ2v) is 7.87. The van der Waals surface area contributed by atoms with Gasteiger partial charge < -0.3 is 9.74 Å². The number of carbonyl (C=O) groups is 1. The van der Waals surface area contributed by atoms with Gasteiger partial charge in [0.25, 0.3) is 0 Å². The molecule has 0 radical (unpaired) electrons. The van der Waals surface area contributed by atoms with E-state index in [0.717, 1.165) is 37.8 Å². The smallest absolute Gasteiger partial charge is 0.388 e. The summed E-state index contributed by atoms with van der Waals surface area (Å²) in [6.07, 6.45) is 1.67. The molecule has 1 spiro atoms. The van der Waals surface area contributed by atoms with Gasteiger partial charge in [-0.25, -0.2) is 0 Å². The normalized spacial score (nSPS) is 22.8. The van der Waals surface area contributed by atoms with E-state index in [4.69, 9.17) is 4.84 Å². The summed E-state index contributed by atoms with van der Waals surface area (Å²) >= 11 is 0. The highest BCUT2D eigenvalue weighted by Crippen LogP contribution is 2.38. The number of hydrogen-bond acceptors (Lipinski definition) is 3. The van der Waals surface area contributed by atoms with Crippen LogP contribution < -0.4 is 0 Å². The van der Waals surface area contributed by atoms with Crippen LogP contribution >= 0.6 is 0 Å². The van der Waals surface area contributed by atoms with Crippen molar-refractivity contribution in [3.05, 3.63) is 35.4 Å². The highest BCUT2D eigenvalue weighted by Gasteiger charge is 2.44. The maximum absolute atomic E-state index is 12.9. The fourth-order valence-electron chi connectivity index (χ4n) is 4.39. The molecule has 0 unspecified atom stereocenters. The van der Waals surface area contributed by atoms with Crippen LogP contribution in [0.4, 0.5) is 13.2 Å². The van der Waals surface area contributed by atoms with Crippen molar-refractivity contribution in [1.82, 2.24) is 4.90 Å². The van der Waals surface area contributed by atoms with E-state index in [2.05, 4.69) is 5.16 Å². The Labute approximate surface area is 156 Å². The minimum atomic E-state index is -4.38. The zero-order chi connectivity index (χ0) is 19.1. The number of likely N-dealkylation sites (tertiary alicyclic amines) is 1. The Balaban J connectivity index is 1.39. The number of benzene rings is 1. The molecule has 0 bridgehead atoms. The second-order valence-electron chi connectivity index (χ2n) is 7.87. The molecule has 1 aliphatic carbocycles. The van der Waals surface area contributed by atoms with Crippen molar-refractivity contribution in [2.45, 2.75) is 56.7 Å². The maximum Gasteiger partial charge on any atom is 0.416 e. The number of piperidine rings is 1. The molecule has 146 valence electrons. The fraction of sp³-hybridized carbons (Fsp3) is 0.600. The molecule has 1 aromatic rings. The molecule has 2 aliphatic heterocycles. The Morgan fingerprint density at radius 2 is 1.89 bits per heavy atom. The van der Waals surface area contributed by atoms with Crippen molar-refractivity contribution in [2.75, 3.05) is 13.1 Å². The molecule has 27 heavy (non-hydrogen) atoms. The zero-order valence-electron chi connectivity index (χ0n) is 15.1. The summed E-state index contributed by atoms with van der Waals surface area (Å²) in [4.78, 5) is 20.2. The van der Waals surface area contributed by atoms with E-state index in [-0.39, 0.29) is 11.8 Å². The number of amides is 1. The second kappa shape index (κ2) is 6.84. The fourth-order valence-corrected chi connectivity index (χ4v) is 4.39. The van der Waals surface area contributed by atoms with E-state index < -0.39 is 17.3 Å². The number of halogens is 3. The maximum atomic E-state index is 12.9. The van der Waals surface area contributed by atoms with Crippen LogP contribution in [0.3, 0.4) is 0 Å². The highest BCUT2D eigenvalue weighted by molar-refractivity contribution is 6.01. The minimum absolute atomic E-state index is 0.167. The molecule has 0 atom stereocenters. The Morgan fingerprint density at radius 3 is 2.56 bits per heavy atom. The molecule has 0 aromatic heterocycles. The first kappa shape index (κ1) is 18.3. The first-order valence-corrected chi connectivity index (χ1v) is 9.58. The van der Waals surface area contributed by atoms with E-state index >= 15 is 0 Å². The number of carbonyl (C=O) groups excluding carboxylic acids is 1. The molecule has 0 N–H and O–H groups in total. The minimum Gasteiger partial charge on any atom is -0.388 e. The average Bonchev–Trinajstić information content (AvgIpc) is 3.32. The molecule has 1 aromatic carbocycles. The SMILES string of the molecule is O=C(C1CCCC1)N1CCC2(CC1)CC(c1cccc(C(F)(F)F)c1)=NO2. The topological polar surface area (TPSA) is 41.9 Å². The van der Waals surface area contributed by atoms with Crippen LogP contribution in [0.2, 0.25) is 0 Å². The molecule has 7 heteroatoms. The zero-order valence-corrected chi connectivity index (χ0v) is 15.1. The first-order valence-electron chi connectivity index (χ1n) is 9.58. The third-order valence-electron chi connectivity index (χ3n) is 6.05. The van der Waals surface area contributed by atoms with Crippen LogP contribution in [0, 0.1) is 5.92 Å². The van der Waals surface area contributed by atoms with Crippen molar-refractivity contribution in [3.63, 3.8) is 0 Å².